The van der Waals surface area contributed by atoms with E-state index in [2.05, 4.69) is 0 Å². The zero-order valence-electron chi connectivity index (χ0n) is 9.77. The number of rotatable bonds is 3. The first-order valence-corrected chi connectivity index (χ1v) is 6.22. The summed E-state index contributed by atoms with van der Waals surface area (Å²) in [7, 11) is 0. The summed E-state index contributed by atoms with van der Waals surface area (Å²) < 4.78 is 0. The third kappa shape index (κ3) is 2.45. The highest BCUT2D eigenvalue weighted by Crippen LogP contribution is 2.32. The van der Waals surface area contributed by atoms with Gasteiger partial charge in [-0.15, -0.1) is 0 Å². The van der Waals surface area contributed by atoms with Gasteiger partial charge < -0.3 is 5.11 Å². The first-order chi connectivity index (χ1) is 8.11. The maximum absolute atomic E-state index is 11.2. The number of carbonyl (C=O) groups is 1. The van der Waals surface area contributed by atoms with Gasteiger partial charge >= 0.3 is 5.97 Å². The second kappa shape index (κ2) is 5.07. The van der Waals surface area contributed by atoms with Gasteiger partial charge in [-0.1, -0.05) is 29.8 Å². The summed E-state index contributed by atoms with van der Waals surface area (Å²) in [6.45, 7) is 2.84. The molecular weight excluding hydrogens is 238 g/mol. The molecule has 1 N–H and O–H groups in total. The van der Waals surface area contributed by atoms with Crippen molar-refractivity contribution >= 4 is 17.6 Å². The van der Waals surface area contributed by atoms with Crippen molar-refractivity contribution in [1.29, 1.82) is 0 Å². The van der Waals surface area contributed by atoms with Gasteiger partial charge in [-0.2, -0.15) is 0 Å². The van der Waals surface area contributed by atoms with Crippen LogP contribution in [-0.4, -0.2) is 28.6 Å². The van der Waals surface area contributed by atoms with Crippen LogP contribution in [0, 0.1) is 0 Å². The fourth-order valence-corrected chi connectivity index (χ4v) is 2.80. The minimum atomic E-state index is -0.735. The topological polar surface area (TPSA) is 40.5 Å². The van der Waals surface area contributed by atoms with Gasteiger partial charge in [0.1, 0.15) is 6.04 Å². The number of hydrogen-bond acceptors (Lipinski definition) is 2. The molecule has 0 radical (unpaired) electrons. The van der Waals surface area contributed by atoms with E-state index < -0.39 is 5.97 Å². The molecule has 0 saturated carbocycles. The predicted molar refractivity (Wildman–Crippen MR) is 67.2 cm³/mol. The normalized spacial score (nSPS) is 22.6. The Bertz CT molecular complexity index is 422. The van der Waals surface area contributed by atoms with Crippen LogP contribution in [0.25, 0.3) is 0 Å². The molecule has 0 aliphatic carbocycles. The van der Waals surface area contributed by atoms with E-state index in [1.54, 1.807) is 0 Å². The fourth-order valence-electron chi connectivity index (χ4n) is 2.51. The molecule has 2 rings (SSSR count). The highest BCUT2D eigenvalue weighted by atomic mass is 35.5. The molecule has 4 heteroatoms. The van der Waals surface area contributed by atoms with E-state index in [0.717, 1.165) is 24.9 Å². The second-order valence-electron chi connectivity index (χ2n) is 4.43. The van der Waals surface area contributed by atoms with Gasteiger partial charge in [0.2, 0.25) is 0 Å². The van der Waals surface area contributed by atoms with Crippen molar-refractivity contribution in [2.75, 3.05) is 6.54 Å². The van der Waals surface area contributed by atoms with Crippen LogP contribution in [0.15, 0.2) is 24.3 Å². The molecule has 1 fully saturated rings. The molecule has 0 aromatic heterocycles. The number of likely N-dealkylation sites (tertiary alicyclic amines) is 1. The lowest BCUT2D eigenvalue weighted by Gasteiger charge is -2.29. The molecule has 1 saturated heterocycles. The number of carboxylic acid groups (broad SMARTS) is 1. The zero-order valence-corrected chi connectivity index (χ0v) is 10.5. The Labute approximate surface area is 106 Å². The standard InChI is InChI=1S/C13H16ClNO2/c1-9(10-5-2-3-6-11(10)14)15-8-4-7-12(15)13(16)17/h2-3,5-6,9,12H,4,7-8H2,1H3,(H,16,17). The Balaban J connectivity index is 2.23. The van der Waals surface area contributed by atoms with Crippen LogP contribution in [0.1, 0.15) is 31.4 Å². The number of hydrogen-bond donors (Lipinski definition) is 1. The molecule has 0 bridgehead atoms. The van der Waals surface area contributed by atoms with E-state index in [1.165, 1.54) is 0 Å². The van der Waals surface area contributed by atoms with Crippen molar-refractivity contribution in [2.45, 2.75) is 31.8 Å². The minimum absolute atomic E-state index is 0.0484. The van der Waals surface area contributed by atoms with E-state index in [0.29, 0.717) is 5.02 Å². The maximum atomic E-state index is 11.2. The Hall–Kier alpha value is -1.06. The molecule has 1 aromatic rings. The maximum Gasteiger partial charge on any atom is 0.320 e. The molecule has 3 nitrogen and oxygen atoms in total. The van der Waals surface area contributed by atoms with E-state index in [4.69, 9.17) is 11.6 Å². The average molecular weight is 254 g/mol. The van der Waals surface area contributed by atoms with Gasteiger partial charge in [0.25, 0.3) is 0 Å². The molecule has 17 heavy (non-hydrogen) atoms. The first kappa shape index (κ1) is 12.4. The smallest absolute Gasteiger partial charge is 0.320 e. The van der Waals surface area contributed by atoms with Crippen LogP contribution in [0.2, 0.25) is 5.02 Å². The van der Waals surface area contributed by atoms with Crippen molar-refractivity contribution in [3.63, 3.8) is 0 Å². The van der Waals surface area contributed by atoms with Crippen LogP contribution in [-0.2, 0) is 4.79 Å². The largest absolute Gasteiger partial charge is 0.480 e. The number of halogens is 1. The molecule has 1 aliphatic rings. The Kier molecular flexibility index (Phi) is 3.69. The third-order valence-corrected chi connectivity index (χ3v) is 3.78. The van der Waals surface area contributed by atoms with Gasteiger partial charge in [-0.3, -0.25) is 9.69 Å². The highest BCUT2D eigenvalue weighted by Gasteiger charge is 2.34. The van der Waals surface area contributed by atoms with Crippen molar-refractivity contribution < 1.29 is 9.90 Å². The second-order valence-corrected chi connectivity index (χ2v) is 4.84. The van der Waals surface area contributed by atoms with Crippen LogP contribution in [0.3, 0.4) is 0 Å². The Morgan fingerprint density at radius 1 is 1.53 bits per heavy atom. The van der Waals surface area contributed by atoms with Gasteiger partial charge in [0.05, 0.1) is 0 Å². The molecule has 92 valence electrons. The summed E-state index contributed by atoms with van der Waals surface area (Å²) in [6, 6.07) is 7.30. The summed E-state index contributed by atoms with van der Waals surface area (Å²) in [4.78, 5) is 13.2. The van der Waals surface area contributed by atoms with Crippen molar-refractivity contribution in [2.24, 2.45) is 0 Å². The number of nitrogens with zero attached hydrogens (tertiary/aromatic N) is 1. The number of benzene rings is 1. The lowest BCUT2D eigenvalue weighted by Crippen LogP contribution is -2.37. The van der Waals surface area contributed by atoms with Crippen molar-refractivity contribution in [3.8, 4) is 0 Å². The van der Waals surface area contributed by atoms with E-state index in [9.17, 15) is 9.90 Å². The molecule has 2 unspecified atom stereocenters. The monoisotopic (exact) mass is 253 g/mol. The van der Waals surface area contributed by atoms with Gasteiger partial charge in [0.15, 0.2) is 0 Å². The van der Waals surface area contributed by atoms with Gasteiger partial charge in [-0.25, -0.2) is 0 Å². The lowest BCUT2D eigenvalue weighted by molar-refractivity contribution is -0.142. The fraction of sp³-hybridized carbons (Fsp3) is 0.462. The van der Waals surface area contributed by atoms with Crippen LogP contribution in [0.4, 0.5) is 0 Å². The summed E-state index contributed by atoms with van der Waals surface area (Å²) in [5.74, 6) is -0.735. The van der Waals surface area contributed by atoms with Gasteiger partial charge in [0, 0.05) is 11.1 Å². The van der Waals surface area contributed by atoms with E-state index in [1.807, 2.05) is 36.1 Å². The highest BCUT2D eigenvalue weighted by molar-refractivity contribution is 6.31. The molecule has 0 amide bonds. The Morgan fingerprint density at radius 2 is 2.24 bits per heavy atom. The molecule has 1 aliphatic heterocycles. The van der Waals surface area contributed by atoms with Crippen LogP contribution in [0.5, 0.6) is 0 Å². The Morgan fingerprint density at radius 3 is 2.88 bits per heavy atom. The molecule has 2 atom stereocenters. The molecular formula is C13H16ClNO2. The third-order valence-electron chi connectivity index (χ3n) is 3.43. The van der Waals surface area contributed by atoms with Crippen LogP contribution < -0.4 is 0 Å². The first-order valence-electron chi connectivity index (χ1n) is 5.84. The summed E-state index contributed by atoms with van der Waals surface area (Å²) in [5, 5.41) is 9.88. The SMILES string of the molecule is CC(c1ccccc1Cl)N1CCCC1C(=O)O. The van der Waals surface area contributed by atoms with E-state index >= 15 is 0 Å². The molecule has 0 spiro atoms. The summed E-state index contributed by atoms with van der Waals surface area (Å²) in [5.41, 5.74) is 1.00. The predicted octanol–water partition coefficient (Wildman–Crippen LogP) is 2.95. The molecule has 1 heterocycles. The number of carboxylic acids is 1. The number of aliphatic carboxylic acids is 1. The minimum Gasteiger partial charge on any atom is -0.480 e. The van der Waals surface area contributed by atoms with Crippen molar-refractivity contribution in [1.82, 2.24) is 4.90 Å². The summed E-state index contributed by atoms with van der Waals surface area (Å²) in [6.07, 6.45) is 1.66. The zero-order chi connectivity index (χ0) is 12.4. The average Bonchev–Trinajstić information content (AvgIpc) is 2.77. The van der Waals surface area contributed by atoms with Crippen molar-refractivity contribution in [3.05, 3.63) is 34.9 Å². The quantitative estimate of drug-likeness (QED) is 0.900. The van der Waals surface area contributed by atoms with E-state index in [-0.39, 0.29) is 12.1 Å². The van der Waals surface area contributed by atoms with Crippen LogP contribution >= 0.6 is 11.6 Å². The summed E-state index contributed by atoms with van der Waals surface area (Å²) >= 11 is 6.15. The molecule has 1 aromatic carbocycles. The lowest BCUT2D eigenvalue weighted by atomic mass is 10.1. The van der Waals surface area contributed by atoms with Gasteiger partial charge in [-0.05, 0) is 37.9 Å².